The van der Waals surface area contributed by atoms with Crippen molar-refractivity contribution in [3.8, 4) is 0 Å². The third-order valence-electron chi connectivity index (χ3n) is 2.96. The van der Waals surface area contributed by atoms with Crippen LogP contribution < -0.4 is 10.0 Å². The molecule has 2 aromatic heterocycles. The number of carbonyl (C=O) groups excluding carboxylic acids is 1. The monoisotopic (exact) mass is 398 g/mol. The van der Waals surface area contributed by atoms with Crippen LogP contribution in [-0.4, -0.2) is 14.3 Å². The number of rotatable bonds is 5. The topological polar surface area (TPSA) is 75.3 Å². The third kappa shape index (κ3) is 3.78. The zero-order valence-electron chi connectivity index (χ0n) is 12.0. The van der Waals surface area contributed by atoms with Crippen molar-refractivity contribution in [1.82, 2.24) is 0 Å². The maximum atomic E-state index is 12.4. The first-order valence-electron chi connectivity index (χ1n) is 6.66. The lowest BCUT2D eigenvalue weighted by atomic mass is 10.3. The van der Waals surface area contributed by atoms with Gasteiger partial charge in [0.1, 0.15) is 9.09 Å². The molecular formula is C15H11ClN2O3S3. The summed E-state index contributed by atoms with van der Waals surface area (Å²) in [6.45, 7) is 0. The minimum absolute atomic E-state index is 0.190. The summed E-state index contributed by atoms with van der Waals surface area (Å²) in [7, 11) is -3.70. The second kappa shape index (κ2) is 6.94. The molecule has 0 aliphatic rings. The highest BCUT2D eigenvalue weighted by Crippen LogP contribution is 2.27. The van der Waals surface area contributed by atoms with E-state index in [2.05, 4.69) is 10.0 Å². The molecule has 0 spiro atoms. The normalized spacial score (nSPS) is 11.2. The van der Waals surface area contributed by atoms with Crippen molar-refractivity contribution in [2.45, 2.75) is 4.21 Å². The number of carbonyl (C=O) groups is 1. The molecule has 3 rings (SSSR count). The Morgan fingerprint density at radius 3 is 2.58 bits per heavy atom. The number of sulfonamides is 1. The Bertz CT molecular complexity index is 966. The third-order valence-corrected chi connectivity index (χ3v) is 6.87. The van der Waals surface area contributed by atoms with Crippen LogP contribution in [0.15, 0.2) is 57.4 Å². The predicted molar refractivity (Wildman–Crippen MR) is 98.9 cm³/mol. The maximum absolute atomic E-state index is 12.4. The molecule has 0 radical (unpaired) electrons. The average Bonchev–Trinajstić information content (AvgIpc) is 3.18. The molecule has 0 unspecified atom stereocenters. The summed E-state index contributed by atoms with van der Waals surface area (Å²) in [4.78, 5) is 12.7. The van der Waals surface area contributed by atoms with Crippen molar-refractivity contribution in [2.75, 3.05) is 10.0 Å². The molecule has 3 aromatic rings. The van der Waals surface area contributed by atoms with Crippen LogP contribution in [0.2, 0.25) is 5.02 Å². The van der Waals surface area contributed by atoms with Gasteiger partial charge in [-0.15, -0.1) is 22.7 Å². The molecule has 0 saturated carbocycles. The SMILES string of the molecule is O=C(Nc1cccc(Cl)c1)c1sccc1NS(=O)(=O)c1cccs1. The minimum Gasteiger partial charge on any atom is -0.321 e. The van der Waals surface area contributed by atoms with Gasteiger partial charge in [-0.25, -0.2) is 8.42 Å². The molecule has 0 atom stereocenters. The molecule has 0 aliphatic heterocycles. The van der Waals surface area contributed by atoms with Crippen LogP contribution in [0.3, 0.4) is 0 Å². The Labute approximate surface area is 152 Å². The van der Waals surface area contributed by atoms with Crippen molar-refractivity contribution in [3.05, 3.63) is 63.1 Å². The van der Waals surface area contributed by atoms with Gasteiger partial charge in [-0.2, -0.15) is 0 Å². The van der Waals surface area contributed by atoms with E-state index in [-0.39, 0.29) is 14.8 Å². The number of anilines is 2. The average molecular weight is 399 g/mol. The van der Waals surface area contributed by atoms with Crippen LogP contribution in [0.4, 0.5) is 11.4 Å². The van der Waals surface area contributed by atoms with Gasteiger partial charge >= 0.3 is 0 Å². The van der Waals surface area contributed by atoms with E-state index in [4.69, 9.17) is 11.6 Å². The molecule has 5 nitrogen and oxygen atoms in total. The van der Waals surface area contributed by atoms with Gasteiger partial charge in [0.15, 0.2) is 0 Å². The van der Waals surface area contributed by atoms with E-state index >= 15 is 0 Å². The van der Waals surface area contributed by atoms with E-state index in [1.807, 2.05) is 0 Å². The van der Waals surface area contributed by atoms with Crippen LogP contribution >= 0.6 is 34.3 Å². The Kier molecular flexibility index (Phi) is 4.91. The van der Waals surface area contributed by atoms with E-state index in [1.165, 1.54) is 6.07 Å². The lowest BCUT2D eigenvalue weighted by molar-refractivity contribution is 0.103. The fourth-order valence-corrected chi connectivity index (χ4v) is 4.99. The highest BCUT2D eigenvalue weighted by Gasteiger charge is 2.20. The van der Waals surface area contributed by atoms with Crippen molar-refractivity contribution in [2.24, 2.45) is 0 Å². The van der Waals surface area contributed by atoms with Gasteiger partial charge in [0.2, 0.25) is 0 Å². The molecule has 0 aliphatic carbocycles. The molecule has 0 fully saturated rings. The van der Waals surface area contributed by atoms with E-state index in [0.717, 1.165) is 22.7 Å². The Hall–Kier alpha value is -1.87. The quantitative estimate of drug-likeness (QED) is 0.663. The lowest BCUT2D eigenvalue weighted by Gasteiger charge is -2.08. The number of halogens is 1. The number of hydrogen-bond donors (Lipinski definition) is 2. The van der Waals surface area contributed by atoms with Gasteiger partial charge in [0.05, 0.1) is 5.69 Å². The van der Waals surface area contributed by atoms with Crippen LogP contribution in [-0.2, 0) is 10.0 Å². The van der Waals surface area contributed by atoms with Gasteiger partial charge in [-0.1, -0.05) is 23.7 Å². The van der Waals surface area contributed by atoms with Crippen molar-refractivity contribution in [1.29, 1.82) is 0 Å². The first-order valence-corrected chi connectivity index (χ1v) is 10.3. The van der Waals surface area contributed by atoms with Crippen LogP contribution in [0.1, 0.15) is 9.67 Å². The van der Waals surface area contributed by atoms with Crippen LogP contribution in [0.25, 0.3) is 0 Å². The molecule has 0 bridgehead atoms. The first-order chi connectivity index (χ1) is 11.5. The highest BCUT2D eigenvalue weighted by molar-refractivity contribution is 7.94. The molecule has 1 amide bonds. The Balaban J connectivity index is 1.81. The van der Waals surface area contributed by atoms with Crippen LogP contribution in [0.5, 0.6) is 0 Å². The van der Waals surface area contributed by atoms with E-state index in [0.29, 0.717) is 10.7 Å². The van der Waals surface area contributed by atoms with E-state index in [1.54, 1.807) is 47.2 Å². The van der Waals surface area contributed by atoms with E-state index in [9.17, 15) is 13.2 Å². The maximum Gasteiger partial charge on any atom is 0.271 e. The van der Waals surface area contributed by atoms with Gasteiger partial charge in [0, 0.05) is 10.7 Å². The number of benzene rings is 1. The Morgan fingerprint density at radius 2 is 1.88 bits per heavy atom. The zero-order chi connectivity index (χ0) is 17.2. The van der Waals surface area contributed by atoms with Gasteiger partial charge in [-0.3, -0.25) is 9.52 Å². The smallest absolute Gasteiger partial charge is 0.271 e. The lowest BCUT2D eigenvalue weighted by Crippen LogP contribution is -2.16. The summed E-state index contributed by atoms with van der Waals surface area (Å²) < 4.78 is 27.2. The van der Waals surface area contributed by atoms with E-state index < -0.39 is 15.9 Å². The molecule has 2 N–H and O–H groups in total. The van der Waals surface area contributed by atoms with Crippen molar-refractivity contribution < 1.29 is 13.2 Å². The molecule has 0 saturated heterocycles. The molecule has 124 valence electrons. The zero-order valence-corrected chi connectivity index (χ0v) is 15.2. The molecular weight excluding hydrogens is 388 g/mol. The molecule has 24 heavy (non-hydrogen) atoms. The number of nitrogens with one attached hydrogen (secondary N) is 2. The molecule has 1 aromatic carbocycles. The Morgan fingerprint density at radius 1 is 1.04 bits per heavy atom. The highest BCUT2D eigenvalue weighted by atomic mass is 35.5. The van der Waals surface area contributed by atoms with Crippen LogP contribution in [0, 0.1) is 0 Å². The number of thiophene rings is 2. The summed E-state index contributed by atoms with van der Waals surface area (Å²) in [5.74, 6) is -0.406. The standard InChI is InChI=1S/C15H11ClN2O3S3/c16-10-3-1-4-11(9-10)17-15(19)14-12(6-8-23-14)18-24(20,21)13-5-2-7-22-13/h1-9,18H,(H,17,19). The van der Waals surface area contributed by atoms with Gasteiger partial charge in [0.25, 0.3) is 15.9 Å². The van der Waals surface area contributed by atoms with Gasteiger partial charge in [-0.05, 0) is 41.1 Å². The fraction of sp³-hybridized carbons (Fsp3) is 0. The van der Waals surface area contributed by atoms with Gasteiger partial charge < -0.3 is 5.32 Å². The molecule has 2 heterocycles. The largest absolute Gasteiger partial charge is 0.321 e. The summed E-state index contributed by atoms with van der Waals surface area (Å²) in [5, 5.41) is 6.53. The fourth-order valence-electron chi connectivity index (χ4n) is 1.93. The molecule has 9 heteroatoms. The summed E-state index contributed by atoms with van der Waals surface area (Å²) in [6, 6.07) is 11.4. The number of amides is 1. The predicted octanol–water partition coefficient (Wildman–Crippen LogP) is 4.52. The summed E-state index contributed by atoms with van der Waals surface area (Å²) >= 11 is 8.15. The van der Waals surface area contributed by atoms with Crippen molar-refractivity contribution >= 4 is 61.6 Å². The minimum atomic E-state index is -3.70. The second-order valence-corrected chi connectivity index (χ2v) is 8.87. The summed E-state index contributed by atoms with van der Waals surface area (Å²) in [5.41, 5.74) is 0.779. The van der Waals surface area contributed by atoms with Crippen molar-refractivity contribution in [3.63, 3.8) is 0 Å². The first kappa shape index (κ1) is 17.0. The summed E-state index contributed by atoms with van der Waals surface area (Å²) in [6.07, 6.45) is 0. The second-order valence-electron chi connectivity index (χ2n) is 4.67. The number of hydrogen-bond acceptors (Lipinski definition) is 5.